The summed E-state index contributed by atoms with van der Waals surface area (Å²) in [7, 11) is 0. The van der Waals surface area contributed by atoms with Crippen LogP contribution in [0.4, 0.5) is 15.8 Å². The van der Waals surface area contributed by atoms with Gasteiger partial charge in [0.2, 0.25) is 5.91 Å². The van der Waals surface area contributed by atoms with E-state index in [-0.39, 0.29) is 11.7 Å². The van der Waals surface area contributed by atoms with Crippen molar-refractivity contribution >= 4 is 28.9 Å². The summed E-state index contributed by atoms with van der Waals surface area (Å²) in [5, 5.41) is 3.99. The van der Waals surface area contributed by atoms with E-state index in [0.29, 0.717) is 49.9 Å². The highest BCUT2D eigenvalue weighted by molar-refractivity contribution is 6.31. The third-order valence-corrected chi connectivity index (χ3v) is 5.16. The average molecular weight is 376 g/mol. The highest BCUT2D eigenvalue weighted by Crippen LogP contribution is 2.23. The molecular formula is C20H23ClFN3O. The van der Waals surface area contributed by atoms with E-state index in [9.17, 15) is 9.18 Å². The lowest BCUT2D eigenvalue weighted by atomic mass is 10.2. The Morgan fingerprint density at radius 2 is 1.85 bits per heavy atom. The number of nitrogens with zero attached hydrogens (tertiary/aromatic N) is 2. The lowest BCUT2D eigenvalue weighted by Crippen LogP contribution is -2.49. The Kier molecular flexibility index (Phi) is 5.99. The maximum absolute atomic E-state index is 13.9. The maximum Gasteiger partial charge on any atom is 0.224 e. The number of carbonyl (C=O) groups is 1. The molecule has 0 saturated carbocycles. The van der Waals surface area contributed by atoms with Crippen LogP contribution in [0.2, 0.25) is 5.02 Å². The summed E-state index contributed by atoms with van der Waals surface area (Å²) < 4.78 is 13.9. The first kappa shape index (κ1) is 18.5. The summed E-state index contributed by atoms with van der Waals surface area (Å²) in [6.45, 7) is 5.04. The second-order valence-corrected chi connectivity index (χ2v) is 6.82. The molecule has 26 heavy (non-hydrogen) atoms. The normalized spacial score (nSPS) is 14.4. The fourth-order valence-electron chi connectivity index (χ4n) is 3.17. The fraction of sp³-hybridized carbons (Fsp3) is 0.350. The van der Waals surface area contributed by atoms with Crippen molar-refractivity contribution in [2.45, 2.75) is 13.3 Å². The molecule has 0 bridgehead atoms. The molecule has 0 radical (unpaired) electrons. The number of halogens is 2. The summed E-state index contributed by atoms with van der Waals surface area (Å²) in [4.78, 5) is 16.3. The van der Waals surface area contributed by atoms with Gasteiger partial charge in [-0.1, -0.05) is 29.8 Å². The van der Waals surface area contributed by atoms with Crippen LogP contribution in [0.25, 0.3) is 0 Å². The molecule has 4 nitrogen and oxygen atoms in total. The van der Waals surface area contributed by atoms with Gasteiger partial charge in [0.25, 0.3) is 0 Å². The van der Waals surface area contributed by atoms with Crippen LogP contribution < -0.4 is 10.2 Å². The largest absolute Gasteiger partial charge is 0.384 e. The molecule has 1 aliphatic rings. The first-order valence-corrected chi connectivity index (χ1v) is 9.20. The summed E-state index contributed by atoms with van der Waals surface area (Å²) in [5.41, 5.74) is 2.55. The predicted octanol–water partition coefficient (Wildman–Crippen LogP) is 3.94. The molecule has 1 fully saturated rings. The molecular weight excluding hydrogens is 353 g/mol. The van der Waals surface area contributed by atoms with Crippen LogP contribution in [-0.2, 0) is 4.79 Å². The molecule has 0 unspecified atom stereocenters. The maximum atomic E-state index is 13.9. The van der Waals surface area contributed by atoms with Crippen molar-refractivity contribution in [1.29, 1.82) is 0 Å². The van der Waals surface area contributed by atoms with Gasteiger partial charge >= 0.3 is 0 Å². The van der Waals surface area contributed by atoms with Crippen LogP contribution in [0.15, 0.2) is 42.5 Å². The first-order valence-electron chi connectivity index (χ1n) is 8.82. The Balaban J connectivity index is 1.47. The standard InChI is InChI=1S/C20H23ClFN3O/c1-15-16(21)5-4-7-18(15)23-10-9-20(26)25-13-11-24(12-14-25)19-8-3-2-6-17(19)22/h2-8,23H,9-14H2,1H3. The van der Waals surface area contributed by atoms with Crippen LogP contribution in [-0.4, -0.2) is 43.5 Å². The molecule has 6 heteroatoms. The van der Waals surface area contributed by atoms with E-state index in [0.717, 1.165) is 11.3 Å². The Bertz CT molecular complexity index is 775. The number of piperazine rings is 1. The van der Waals surface area contributed by atoms with E-state index < -0.39 is 0 Å². The number of hydrogen-bond acceptors (Lipinski definition) is 3. The van der Waals surface area contributed by atoms with Crippen LogP contribution in [0.1, 0.15) is 12.0 Å². The van der Waals surface area contributed by atoms with Gasteiger partial charge in [-0.05, 0) is 36.8 Å². The number of rotatable bonds is 5. The van der Waals surface area contributed by atoms with Gasteiger partial charge in [-0.15, -0.1) is 0 Å². The third-order valence-electron chi connectivity index (χ3n) is 4.75. The summed E-state index contributed by atoms with van der Waals surface area (Å²) in [6.07, 6.45) is 0.422. The highest BCUT2D eigenvalue weighted by atomic mass is 35.5. The first-order chi connectivity index (χ1) is 12.6. The van der Waals surface area contributed by atoms with E-state index in [1.54, 1.807) is 12.1 Å². The molecule has 2 aromatic carbocycles. The van der Waals surface area contributed by atoms with Crippen LogP contribution in [0, 0.1) is 12.7 Å². The molecule has 1 heterocycles. The molecule has 1 amide bonds. The number of benzene rings is 2. The van der Waals surface area contributed by atoms with Crippen molar-refractivity contribution in [2.75, 3.05) is 42.9 Å². The van der Waals surface area contributed by atoms with Gasteiger partial charge in [-0.2, -0.15) is 0 Å². The number of carbonyl (C=O) groups excluding carboxylic acids is 1. The predicted molar refractivity (Wildman–Crippen MR) is 104 cm³/mol. The zero-order valence-electron chi connectivity index (χ0n) is 14.8. The number of para-hydroxylation sites is 1. The topological polar surface area (TPSA) is 35.6 Å². The van der Waals surface area contributed by atoms with Crippen molar-refractivity contribution in [3.8, 4) is 0 Å². The average Bonchev–Trinajstić information content (AvgIpc) is 2.65. The second kappa shape index (κ2) is 8.41. The van der Waals surface area contributed by atoms with Gasteiger partial charge in [0.15, 0.2) is 0 Å². The molecule has 2 aromatic rings. The van der Waals surface area contributed by atoms with Crippen molar-refractivity contribution in [3.05, 3.63) is 58.9 Å². The minimum atomic E-state index is -0.214. The quantitative estimate of drug-likeness (QED) is 0.859. The van der Waals surface area contributed by atoms with Crippen molar-refractivity contribution in [3.63, 3.8) is 0 Å². The van der Waals surface area contributed by atoms with Crippen LogP contribution in [0.5, 0.6) is 0 Å². The Labute approximate surface area is 158 Å². The zero-order valence-corrected chi connectivity index (χ0v) is 15.6. The molecule has 1 aliphatic heterocycles. The van der Waals surface area contributed by atoms with E-state index in [1.807, 2.05) is 41.0 Å². The molecule has 3 rings (SSSR count). The number of amides is 1. The monoisotopic (exact) mass is 375 g/mol. The molecule has 1 saturated heterocycles. The van der Waals surface area contributed by atoms with Gasteiger partial charge in [-0.25, -0.2) is 4.39 Å². The van der Waals surface area contributed by atoms with Crippen molar-refractivity contribution < 1.29 is 9.18 Å². The van der Waals surface area contributed by atoms with E-state index in [2.05, 4.69) is 5.32 Å². The van der Waals surface area contributed by atoms with Crippen molar-refractivity contribution in [1.82, 2.24) is 4.90 Å². The Hall–Kier alpha value is -2.27. The SMILES string of the molecule is Cc1c(Cl)cccc1NCCC(=O)N1CCN(c2ccccc2F)CC1. The molecule has 0 aliphatic carbocycles. The third kappa shape index (κ3) is 4.28. The van der Waals surface area contributed by atoms with Gasteiger partial charge in [-0.3, -0.25) is 4.79 Å². The van der Waals surface area contributed by atoms with Crippen molar-refractivity contribution in [2.24, 2.45) is 0 Å². The van der Waals surface area contributed by atoms with Gasteiger partial charge in [0.1, 0.15) is 5.82 Å². The zero-order chi connectivity index (χ0) is 18.5. The lowest BCUT2D eigenvalue weighted by molar-refractivity contribution is -0.131. The Morgan fingerprint density at radius 1 is 1.12 bits per heavy atom. The second-order valence-electron chi connectivity index (χ2n) is 6.41. The fourth-order valence-corrected chi connectivity index (χ4v) is 3.34. The molecule has 1 N–H and O–H groups in total. The number of anilines is 2. The number of nitrogens with one attached hydrogen (secondary N) is 1. The molecule has 138 valence electrons. The van der Waals surface area contributed by atoms with E-state index in [4.69, 9.17) is 11.6 Å². The minimum absolute atomic E-state index is 0.116. The minimum Gasteiger partial charge on any atom is -0.384 e. The van der Waals surface area contributed by atoms with Gasteiger partial charge in [0.05, 0.1) is 5.69 Å². The Morgan fingerprint density at radius 3 is 2.58 bits per heavy atom. The smallest absolute Gasteiger partial charge is 0.224 e. The highest BCUT2D eigenvalue weighted by Gasteiger charge is 2.22. The molecule has 0 atom stereocenters. The van der Waals surface area contributed by atoms with Crippen LogP contribution >= 0.6 is 11.6 Å². The molecule has 0 spiro atoms. The summed E-state index contributed by atoms with van der Waals surface area (Å²) in [5.74, 6) is -0.0984. The van der Waals surface area contributed by atoms with E-state index >= 15 is 0 Å². The van der Waals surface area contributed by atoms with Gasteiger partial charge in [0, 0.05) is 49.9 Å². The van der Waals surface area contributed by atoms with Gasteiger partial charge < -0.3 is 15.1 Å². The number of hydrogen-bond donors (Lipinski definition) is 1. The molecule has 0 aromatic heterocycles. The lowest BCUT2D eigenvalue weighted by Gasteiger charge is -2.36. The summed E-state index contributed by atoms with van der Waals surface area (Å²) in [6, 6.07) is 12.5. The van der Waals surface area contributed by atoms with Crippen LogP contribution in [0.3, 0.4) is 0 Å². The van der Waals surface area contributed by atoms with E-state index in [1.165, 1.54) is 6.07 Å². The summed E-state index contributed by atoms with van der Waals surface area (Å²) >= 11 is 6.11.